The lowest BCUT2D eigenvalue weighted by atomic mass is 10.1. The molecule has 0 aliphatic heterocycles. The Morgan fingerprint density at radius 1 is 1.19 bits per heavy atom. The van der Waals surface area contributed by atoms with E-state index in [2.05, 4.69) is 5.10 Å². The Morgan fingerprint density at radius 2 is 1.90 bits per heavy atom. The molecule has 6 heteroatoms. The monoisotopic (exact) mass is 297 g/mol. The highest BCUT2D eigenvalue weighted by molar-refractivity contribution is 5.48. The third-order valence-electron chi connectivity index (χ3n) is 3.43. The van der Waals surface area contributed by atoms with Gasteiger partial charge in [-0.1, -0.05) is 26.0 Å². The van der Waals surface area contributed by atoms with Crippen LogP contribution in [-0.2, 0) is 25.6 Å². The molecule has 2 aromatic rings. The summed E-state index contributed by atoms with van der Waals surface area (Å²) < 4.78 is 39.9. The number of hydrogen-bond donors (Lipinski definition) is 1. The average Bonchev–Trinajstić information content (AvgIpc) is 2.73. The molecule has 0 unspecified atom stereocenters. The number of nitrogens with zero attached hydrogens (tertiary/aromatic N) is 2. The third kappa shape index (κ3) is 3.20. The highest BCUT2D eigenvalue weighted by Gasteiger charge is 2.30. The lowest BCUT2D eigenvalue weighted by molar-refractivity contribution is -0.137. The first-order valence-corrected chi connectivity index (χ1v) is 6.87. The van der Waals surface area contributed by atoms with Gasteiger partial charge in [0.2, 0.25) is 0 Å². The van der Waals surface area contributed by atoms with Crippen LogP contribution in [-0.4, -0.2) is 9.78 Å². The van der Waals surface area contributed by atoms with E-state index >= 15 is 0 Å². The van der Waals surface area contributed by atoms with Crippen molar-refractivity contribution < 1.29 is 13.2 Å². The lowest BCUT2D eigenvalue weighted by Gasteiger charge is -2.10. The molecule has 0 aliphatic rings. The van der Waals surface area contributed by atoms with Crippen molar-refractivity contribution in [3.63, 3.8) is 0 Å². The molecule has 1 aromatic carbocycles. The summed E-state index contributed by atoms with van der Waals surface area (Å²) in [5.41, 5.74) is 8.23. The Labute approximate surface area is 121 Å². The predicted molar refractivity (Wildman–Crippen MR) is 75.9 cm³/mol. The molecule has 1 heterocycles. The minimum absolute atomic E-state index is 0.289. The molecule has 0 saturated heterocycles. The van der Waals surface area contributed by atoms with Gasteiger partial charge in [-0.05, 0) is 30.5 Å². The molecule has 0 radical (unpaired) electrons. The maximum atomic E-state index is 12.7. The van der Waals surface area contributed by atoms with Crippen LogP contribution in [0.25, 0.3) is 0 Å². The summed E-state index contributed by atoms with van der Waals surface area (Å²) in [7, 11) is 0. The van der Waals surface area contributed by atoms with Crippen molar-refractivity contribution in [1.29, 1.82) is 0 Å². The first-order valence-electron chi connectivity index (χ1n) is 6.87. The minimum atomic E-state index is -4.33. The molecule has 3 nitrogen and oxygen atoms in total. The SMILES string of the molecule is CCc1nn(Cc2cccc(C(F)(F)F)c2)c(CC)c1N. The Balaban J connectivity index is 2.34. The fraction of sp³-hybridized carbons (Fsp3) is 0.400. The molecule has 2 rings (SSSR count). The first-order chi connectivity index (χ1) is 9.86. The number of aromatic nitrogens is 2. The summed E-state index contributed by atoms with van der Waals surface area (Å²) in [4.78, 5) is 0. The summed E-state index contributed by atoms with van der Waals surface area (Å²) >= 11 is 0. The van der Waals surface area contributed by atoms with Crippen molar-refractivity contribution in [2.45, 2.75) is 39.4 Å². The van der Waals surface area contributed by atoms with Crippen molar-refractivity contribution in [2.75, 3.05) is 5.73 Å². The second-order valence-corrected chi connectivity index (χ2v) is 4.87. The van der Waals surface area contributed by atoms with E-state index in [0.717, 1.165) is 23.5 Å². The van der Waals surface area contributed by atoms with E-state index in [-0.39, 0.29) is 6.54 Å². The number of anilines is 1. The molecule has 0 spiro atoms. The average molecular weight is 297 g/mol. The van der Waals surface area contributed by atoms with Crippen LogP contribution >= 0.6 is 0 Å². The molecule has 2 N–H and O–H groups in total. The van der Waals surface area contributed by atoms with Crippen molar-refractivity contribution in [3.8, 4) is 0 Å². The second-order valence-electron chi connectivity index (χ2n) is 4.87. The third-order valence-corrected chi connectivity index (χ3v) is 3.43. The lowest BCUT2D eigenvalue weighted by Crippen LogP contribution is -2.09. The van der Waals surface area contributed by atoms with E-state index in [1.54, 1.807) is 10.7 Å². The molecule has 1 aromatic heterocycles. The van der Waals surface area contributed by atoms with Crippen molar-refractivity contribution in [1.82, 2.24) is 9.78 Å². The van der Waals surface area contributed by atoms with E-state index in [1.165, 1.54) is 6.07 Å². The van der Waals surface area contributed by atoms with Crippen LogP contribution in [0.2, 0.25) is 0 Å². The number of rotatable bonds is 4. The van der Waals surface area contributed by atoms with Gasteiger partial charge >= 0.3 is 6.18 Å². The van der Waals surface area contributed by atoms with Gasteiger partial charge in [0.15, 0.2) is 0 Å². The molecule has 0 fully saturated rings. The Bertz CT molecular complexity index is 630. The minimum Gasteiger partial charge on any atom is -0.396 e. The van der Waals surface area contributed by atoms with Crippen LogP contribution in [0.15, 0.2) is 24.3 Å². The summed E-state index contributed by atoms with van der Waals surface area (Å²) in [5, 5.41) is 4.40. The van der Waals surface area contributed by atoms with Crippen LogP contribution in [0, 0.1) is 0 Å². The maximum absolute atomic E-state index is 12.7. The van der Waals surface area contributed by atoms with Gasteiger partial charge in [-0.2, -0.15) is 18.3 Å². The van der Waals surface area contributed by atoms with E-state index in [9.17, 15) is 13.2 Å². The van der Waals surface area contributed by atoms with Crippen molar-refractivity contribution in [2.24, 2.45) is 0 Å². The largest absolute Gasteiger partial charge is 0.416 e. The van der Waals surface area contributed by atoms with Gasteiger partial charge < -0.3 is 5.73 Å². The number of alkyl halides is 3. The van der Waals surface area contributed by atoms with Gasteiger partial charge in [-0.3, -0.25) is 4.68 Å². The highest BCUT2D eigenvalue weighted by Crippen LogP contribution is 2.30. The standard InChI is InChI=1S/C15H18F3N3/c1-3-12-14(19)13(4-2)21(20-12)9-10-6-5-7-11(8-10)15(16,17)18/h5-8H,3-4,9,19H2,1-2H3. The topological polar surface area (TPSA) is 43.8 Å². The number of nitrogens with two attached hydrogens (primary N) is 1. The number of benzene rings is 1. The van der Waals surface area contributed by atoms with Crippen LogP contribution in [0.4, 0.5) is 18.9 Å². The highest BCUT2D eigenvalue weighted by atomic mass is 19.4. The summed E-state index contributed by atoms with van der Waals surface area (Å²) in [6.07, 6.45) is -2.94. The molecule has 0 aliphatic carbocycles. The smallest absolute Gasteiger partial charge is 0.396 e. The fourth-order valence-corrected chi connectivity index (χ4v) is 2.35. The molecular formula is C15H18F3N3. The number of hydrogen-bond acceptors (Lipinski definition) is 2. The molecule has 21 heavy (non-hydrogen) atoms. The molecule has 114 valence electrons. The van der Waals surface area contributed by atoms with Crippen LogP contribution in [0.5, 0.6) is 0 Å². The van der Waals surface area contributed by atoms with Gasteiger partial charge in [-0.25, -0.2) is 0 Å². The molecular weight excluding hydrogens is 279 g/mol. The van der Waals surface area contributed by atoms with Gasteiger partial charge in [-0.15, -0.1) is 0 Å². The van der Waals surface area contributed by atoms with Crippen LogP contribution in [0.3, 0.4) is 0 Å². The summed E-state index contributed by atoms with van der Waals surface area (Å²) in [5.74, 6) is 0. The number of aryl methyl sites for hydroxylation is 1. The molecule has 0 saturated carbocycles. The zero-order valence-corrected chi connectivity index (χ0v) is 12.0. The zero-order valence-electron chi connectivity index (χ0n) is 12.0. The van der Waals surface area contributed by atoms with Gasteiger partial charge in [0.1, 0.15) is 0 Å². The van der Waals surface area contributed by atoms with E-state index in [0.29, 0.717) is 24.1 Å². The zero-order chi connectivity index (χ0) is 15.6. The normalized spacial score (nSPS) is 11.9. The quantitative estimate of drug-likeness (QED) is 0.936. The Morgan fingerprint density at radius 3 is 2.48 bits per heavy atom. The van der Waals surface area contributed by atoms with E-state index in [1.807, 2.05) is 13.8 Å². The summed E-state index contributed by atoms with van der Waals surface area (Å²) in [6, 6.07) is 5.30. The van der Waals surface area contributed by atoms with Crippen molar-refractivity contribution >= 4 is 5.69 Å². The first kappa shape index (κ1) is 15.4. The Kier molecular flexibility index (Phi) is 4.25. The van der Waals surface area contributed by atoms with Crippen molar-refractivity contribution in [3.05, 3.63) is 46.8 Å². The maximum Gasteiger partial charge on any atom is 0.416 e. The summed E-state index contributed by atoms with van der Waals surface area (Å²) in [6.45, 7) is 4.19. The molecule has 0 bridgehead atoms. The van der Waals surface area contributed by atoms with Gasteiger partial charge in [0.05, 0.1) is 29.2 Å². The second kappa shape index (κ2) is 5.79. The van der Waals surface area contributed by atoms with E-state index < -0.39 is 11.7 Å². The number of nitrogen functional groups attached to an aromatic ring is 1. The van der Waals surface area contributed by atoms with Gasteiger partial charge in [0.25, 0.3) is 0 Å². The molecule has 0 atom stereocenters. The molecule has 0 amide bonds. The van der Waals surface area contributed by atoms with Crippen LogP contribution in [0.1, 0.15) is 36.4 Å². The van der Waals surface area contributed by atoms with E-state index in [4.69, 9.17) is 5.73 Å². The fourth-order valence-electron chi connectivity index (χ4n) is 2.35. The van der Waals surface area contributed by atoms with Gasteiger partial charge in [0, 0.05) is 0 Å². The number of halogens is 3. The predicted octanol–water partition coefficient (Wildman–Crippen LogP) is 3.66. The Hall–Kier alpha value is -1.98. The van der Waals surface area contributed by atoms with Crippen LogP contribution < -0.4 is 5.73 Å².